The number of unbranched alkanes of at least 4 members (excludes halogenated alkanes) is 1. The summed E-state index contributed by atoms with van der Waals surface area (Å²) < 4.78 is 21.2. The predicted octanol–water partition coefficient (Wildman–Crippen LogP) is 2.65. The number of cyclic esters (lactones) is 1. The molecule has 256 valence electrons. The number of esters is 2. The van der Waals surface area contributed by atoms with Gasteiger partial charge >= 0.3 is 24.1 Å². The second-order valence-corrected chi connectivity index (χ2v) is 13.0. The van der Waals surface area contributed by atoms with Crippen LogP contribution in [0.5, 0.6) is 0 Å². The highest BCUT2D eigenvalue weighted by atomic mass is 16.6. The van der Waals surface area contributed by atoms with E-state index in [2.05, 4.69) is 10.2 Å². The summed E-state index contributed by atoms with van der Waals surface area (Å²) in [4.78, 5) is 57.0. The number of piperidine rings is 1. The van der Waals surface area contributed by atoms with Gasteiger partial charge in [-0.05, 0) is 59.8 Å². The Morgan fingerprint density at radius 3 is 2.29 bits per heavy atom. The molecule has 3 rings (SSSR count). The highest BCUT2D eigenvalue weighted by Crippen LogP contribution is 2.23. The fraction of sp³-hybridized carbons (Fsp3) is 0.839. The molecule has 2 amide bonds. The highest BCUT2D eigenvalue weighted by Gasteiger charge is 2.36. The van der Waals surface area contributed by atoms with Crippen LogP contribution in [-0.4, -0.2) is 140 Å². The Labute approximate surface area is 267 Å². The van der Waals surface area contributed by atoms with E-state index in [-0.39, 0.29) is 37.8 Å². The van der Waals surface area contributed by atoms with Crippen LogP contribution in [0.2, 0.25) is 0 Å². The summed E-state index contributed by atoms with van der Waals surface area (Å²) in [6.07, 6.45) is 3.82. The van der Waals surface area contributed by atoms with Crippen molar-refractivity contribution in [3.05, 3.63) is 0 Å². The van der Waals surface area contributed by atoms with E-state index in [0.717, 1.165) is 45.2 Å². The number of guanidine groups is 1. The Balaban J connectivity index is 1.31. The minimum atomic E-state index is -0.659. The van der Waals surface area contributed by atoms with Crippen molar-refractivity contribution in [3.63, 3.8) is 0 Å². The van der Waals surface area contributed by atoms with Gasteiger partial charge in [-0.1, -0.05) is 12.8 Å². The first-order valence-electron chi connectivity index (χ1n) is 16.5. The molecule has 2 N–H and O–H groups in total. The number of hydrogen-bond donors (Lipinski definition) is 2. The van der Waals surface area contributed by atoms with Gasteiger partial charge < -0.3 is 28.7 Å². The van der Waals surface area contributed by atoms with Crippen molar-refractivity contribution in [1.29, 1.82) is 5.41 Å². The maximum absolute atomic E-state index is 12.5. The number of hydrogen-bond acceptors (Lipinski definition) is 11. The Kier molecular flexibility index (Phi) is 14.2. The lowest BCUT2D eigenvalue weighted by Crippen LogP contribution is -2.54. The predicted molar refractivity (Wildman–Crippen MR) is 167 cm³/mol. The van der Waals surface area contributed by atoms with Crippen LogP contribution >= 0.6 is 0 Å². The number of ether oxygens (including phenoxy) is 4. The van der Waals surface area contributed by atoms with Crippen molar-refractivity contribution in [1.82, 2.24) is 24.9 Å². The number of piperazine rings is 1. The third-order valence-corrected chi connectivity index (χ3v) is 8.32. The number of nitrogens with one attached hydrogen (secondary N) is 2. The van der Waals surface area contributed by atoms with E-state index in [1.807, 2.05) is 9.80 Å². The summed E-state index contributed by atoms with van der Waals surface area (Å²) in [5, 5.41) is 10.7. The van der Waals surface area contributed by atoms with E-state index in [1.54, 1.807) is 39.5 Å². The molecule has 3 aliphatic heterocycles. The average molecular weight is 639 g/mol. The van der Waals surface area contributed by atoms with Crippen molar-refractivity contribution in [2.75, 3.05) is 72.1 Å². The molecule has 3 heterocycles. The normalized spacial score (nSPS) is 20.8. The fourth-order valence-corrected chi connectivity index (χ4v) is 6.04. The molecule has 14 heteroatoms. The van der Waals surface area contributed by atoms with E-state index in [1.165, 1.54) is 0 Å². The van der Waals surface area contributed by atoms with Crippen LogP contribution in [0.1, 0.15) is 73.1 Å². The number of carbonyl (C=O) groups excluding carboxylic acids is 4. The first-order valence-corrected chi connectivity index (χ1v) is 16.5. The van der Waals surface area contributed by atoms with Crippen molar-refractivity contribution in [2.45, 2.75) is 90.9 Å². The van der Waals surface area contributed by atoms with E-state index < -0.39 is 29.7 Å². The molecule has 2 atom stereocenters. The smallest absolute Gasteiger partial charge is 0.414 e. The van der Waals surface area contributed by atoms with Crippen LogP contribution in [0.4, 0.5) is 9.59 Å². The Morgan fingerprint density at radius 2 is 1.67 bits per heavy atom. The molecule has 45 heavy (non-hydrogen) atoms. The van der Waals surface area contributed by atoms with Crippen molar-refractivity contribution in [3.8, 4) is 0 Å². The second-order valence-electron chi connectivity index (χ2n) is 13.0. The quantitative estimate of drug-likeness (QED) is 0.101. The molecule has 0 radical (unpaired) electrons. The number of nitrogens with zero attached hydrogens (tertiary/aromatic N) is 4. The van der Waals surface area contributed by atoms with Crippen LogP contribution in [0.3, 0.4) is 0 Å². The SMILES string of the molecule is CCOC(=O)CC(C(=O)OCC)N1CCN(CC2CN(CCCCC3CCN(C(=N)NC(=O)OC(C)(C)C)CC3)C(=O)O2)CC1. The topological polar surface area (TPSA) is 154 Å². The highest BCUT2D eigenvalue weighted by molar-refractivity contribution is 5.92. The monoisotopic (exact) mass is 638 g/mol. The number of carbonyl (C=O) groups is 4. The van der Waals surface area contributed by atoms with E-state index >= 15 is 0 Å². The molecule has 3 saturated heterocycles. The van der Waals surface area contributed by atoms with Crippen molar-refractivity contribution in [2.24, 2.45) is 5.92 Å². The van der Waals surface area contributed by atoms with E-state index in [9.17, 15) is 19.2 Å². The van der Waals surface area contributed by atoms with E-state index in [0.29, 0.717) is 51.7 Å². The maximum atomic E-state index is 12.5. The fourth-order valence-electron chi connectivity index (χ4n) is 6.04. The molecule has 0 aromatic rings. The van der Waals surface area contributed by atoms with Gasteiger partial charge in [0.1, 0.15) is 17.7 Å². The molecule has 0 aliphatic carbocycles. The zero-order valence-electron chi connectivity index (χ0n) is 27.8. The van der Waals surface area contributed by atoms with Gasteiger partial charge in [0.05, 0.1) is 26.2 Å². The molecule has 14 nitrogen and oxygen atoms in total. The van der Waals surface area contributed by atoms with Gasteiger partial charge in [0.15, 0.2) is 0 Å². The number of alkyl carbamates (subject to hydrolysis) is 1. The summed E-state index contributed by atoms with van der Waals surface area (Å²) >= 11 is 0. The van der Waals surface area contributed by atoms with Gasteiger partial charge in [-0.15, -0.1) is 0 Å². The lowest BCUT2D eigenvalue weighted by Gasteiger charge is -2.38. The molecule has 3 fully saturated rings. The largest absolute Gasteiger partial charge is 0.466 e. The van der Waals surface area contributed by atoms with E-state index in [4.69, 9.17) is 24.4 Å². The first kappa shape index (κ1) is 36.3. The molecule has 0 aromatic heterocycles. The second kappa shape index (κ2) is 17.5. The summed E-state index contributed by atoms with van der Waals surface area (Å²) in [5.41, 5.74) is -0.605. The standard InChI is InChI=1S/C31H54N6O8/c1-6-42-26(38)20-25(27(39)43-7-2)35-18-16-34(17-19-35)21-24-22-37(30(41)44-24)13-9-8-10-23-11-14-36(15-12-23)28(32)33-29(40)45-31(3,4)5/h23-25H,6-22H2,1-5H3,(H2,32,33,40). The molecule has 0 aromatic carbocycles. The molecule has 0 saturated carbocycles. The minimum Gasteiger partial charge on any atom is -0.466 e. The number of likely N-dealkylation sites (tertiary alicyclic amines) is 1. The maximum Gasteiger partial charge on any atom is 0.414 e. The average Bonchev–Trinajstić information content (AvgIpc) is 3.32. The summed E-state index contributed by atoms with van der Waals surface area (Å²) in [7, 11) is 0. The van der Waals surface area contributed by atoms with Crippen LogP contribution in [0.25, 0.3) is 0 Å². The van der Waals surface area contributed by atoms with Gasteiger partial charge in [-0.3, -0.25) is 30.1 Å². The van der Waals surface area contributed by atoms with Gasteiger partial charge in [0, 0.05) is 52.4 Å². The molecule has 0 spiro atoms. The molecule has 0 bridgehead atoms. The molecule has 3 aliphatic rings. The number of rotatable bonds is 13. The van der Waals surface area contributed by atoms with Crippen LogP contribution in [-0.2, 0) is 28.5 Å². The third kappa shape index (κ3) is 12.3. The first-order chi connectivity index (χ1) is 21.4. The lowest BCUT2D eigenvalue weighted by molar-refractivity contribution is -0.157. The third-order valence-electron chi connectivity index (χ3n) is 8.32. The summed E-state index contributed by atoms with van der Waals surface area (Å²) in [6, 6.07) is -0.659. The van der Waals surface area contributed by atoms with Crippen LogP contribution in [0.15, 0.2) is 0 Å². The lowest BCUT2D eigenvalue weighted by atomic mass is 9.91. The minimum absolute atomic E-state index is 0.0287. The molecular weight excluding hydrogens is 584 g/mol. The Bertz CT molecular complexity index is 1000. The Morgan fingerprint density at radius 1 is 1.00 bits per heavy atom. The van der Waals surface area contributed by atoms with Crippen molar-refractivity contribution < 1.29 is 38.1 Å². The van der Waals surface area contributed by atoms with Gasteiger partial charge in [-0.2, -0.15) is 0 Å². The number of amides is 2. The van der Waals surface area contributed by atoms with Gasteiger partial charge in [-0.25, -0.2) is 9.59 Å². The summed E-state index contributed by atoms with van der Waals surface area (Å²) in [5.74, 6) is -0.167. The van der Waals surface area contributed by atoms with Crippen molar-refractivity contribution >= 4 is 30.1 Å². The zero-order valence-corrected chi connectivity index (χ0v) is 27.8. The van der Waals surface area contributed by atoms with Crippen LogP contribution < -0.4 is 5.32 Å². The summed E-state index contributed by atoms with van der Waals surface area (Å²) in [6.45, 7) is 15.3. The molecular formula is C31H54N6O8. The van der Waals surface area contributed by atoms with Gasteiger partial charge in [0.2, 0.25) is 5.96 Å². The van der Waals surface area contributed by atoms with Gasteiger partial charge in [0.25, 0.3) is 0 Å². The molecule has 2 unspecified atom stereocenters. The van der Waals surface area contributed by atoms with Crippen LogP contribution in [0, 0.1) is 11.3 Å². The zero-order chi connectivity index (χ0) is 33.0. The Hall–Kier alpha value is -3.13.